The van der Waals surface area contributed by atoms with Gasteiger partial charge in [0.15, 0.2) is 0 Å². The van der Waals surface area contributed by atoms with Crippen LogP contribution in [0, 0.1) is 5.92 Å². The number of methoxy groups -OCH3 is 1. The van der Waals surface area contributed by atoms with Gasteiger partial charge in [0.25, 0.3) is 0 Å². The Hall–Kier alpha value is -1.42. The molecule has 0 aromatic heterocycles. The summed E-state index contributed by atoms with van der Waals surface area (Å²) in [4.78, 5) is 2.38. The Balaban J connectivity index is 2.03. The first-order valence-corrected chi connectivity index (χ1v) is 7.39. The smallest absolute Gasteiger partial charge is 0.123 e. The molecule has 1 aromatic carbocycles. The quantitative estimate of drug-likeness (QED) is 0.841. The molecule has 1 saturated heterocycles. The molecule has 0 atom stereocenters. The minimum Gasteiger partial charge on any atom is -0.491 e. The Morgan fingerprint density at radius 1 is 1.25 bits per heavy atom. The Morgan fingerprint density at radius 2 is 1.95 bits per heavy atom. The molecule has 0 unspecified atom stereocenters. The fourth-order valence-electron chi connectivity index (χ4n) is 2.72. The molecule has 0 saturated carbocycles. The lowest BCUT2D eigenvalue weighted by atomic mass is 9.97. The van der Waals surface area contributed by atoms with Crippen LogP contribution >= 0.6 is 0 Å². The molecule has 4 nitrogen and oxygen atoms in total. The van der Waals surface area contributed by atoms with Crippen molar-refractivity contribution < 1.29 is 9.47 Å². The molecule has 1 aliphatic heterocycles. The van der Waals surface area contributed by atoms with E-state index in [1.165, 1.54) is 12.8 Å². The van der Waals surface area contributed by atoms with Gasteiger partial charge in [-0.25, -0.2) is 0 Å². The summed E-state index contributed by atoms with van der Waals surface area (Å²) < 4.78 is 11.0. The zero-order valence-corrected chi connectivity index (χ0v) is 12.8. The van der Waals surface area contributed by atoms with Crippen LogP contribution in [0.4, 0.5) is 11.4 Å². The first kappa shape index (κ1) is 15.0. The average molecular weight is 278 g/mol. The highest BCUT2D eigenvalue weighted by molar-refractivity contribution is 5.60. The minimum atomic E-state index is 0.164. The van der Waals surface area contributed by atoms with Crippen LogP contribution in [0.25, 0.3) is 0 Å². The van der Waals surface area contributed by atoms with Crippen LogP contribution in [-0.2, 0) is 4.74 Å². The molecule has 0 spiro atoms. The van der Waals surface area contributed by atoms with Gasteiger partial charge in [-0.3, -0.25) is 0 Å². The lowest BCUT2D eigenvalue weighted by Crippen LogP contribution is -2.35. The molecule has 0 bridgehead atoms. The van der Waals surface area contributed by atoms with E-state index < -0.39 is 0 Å². The molecule has 1 aromatic rings. The van der Waals surface area contributed by atoms with Crippen molar-refractivity contribution in [2.45, 2.75) is 32.8 Å². The highest BCUT2D eigenvalue weighted by atomic mass is 16.5. The Labute approximate surface area is 121 Å². The van der Waals surface area contributed by atoms with Gasteiger partial charge >= 0.3 is 0 Å². The van der Waals surface area contributed by atoms with Gasteiger partial charge < -0.3 is 20.1 Å². The number of ether oxygens (including phenoxy) is 2. The van der Waals surface area contributed by atoms with Crippen LogP contribution in [-0.4, -0.2) is 32.9 Å². The number of anilines is 2. The van der Waals surface area contributed by atoms with E-state index in [0.717, 1.165) is 36.8 Å². The Bertz CT molecular complexity index is 426. The van der Waals surface area contributed by atoms with E-state index >= 15 is 0 Å². The fraction of sp³-hybridized carbons (Fsp3) is 0.625. The van der Waals surface area contributed by atoms with E-state index in [1.807, 2.05) is 26.0 Å². The van der Waals surface area contributed by atoms with E-state index in [1.54, 1.807) is 7.11 Å². The van der Waals surface area contributed by atoms with Crippen molar-refractivity contribution in [1.29, 1.82) is 0 Å². The molecule has 0 radical (unpaired) electrons. The van der Waals surface area contributed by atoms with E-state index in [-0.39, 0.29) is 6.10 Å². The molecular weight excluding hydrogens is 252 g/mol. The fourth-order valence-corrected chi connectivity index (χ4v) is 2.72. The third-order valence-electron chi connectivity index (χ3n) is 3.67. The van der Waals surface area contributed by atoms with Crippen LogP contribution in [0.15, 0.2) is 18.2 Å². The molecule has 112 valence electrons. The summed E-state index contributed by atoms with van der Waals surface area (Å²) in [6.45, 7) is 7.03. The third-order valence-corrected chi connectivity index (χ3v) is 3.67. The summed E-state index contributed by atoms with van der Waals surface area (Å²) in [5.41, 5.74) is 7.91. The average Bonchev–Trinajstić information content (AvgIpc) is 2.38. The predicted molar refractivity (Wildman–Crippen MR) is 83.4 cm³/mol. The number of hydrogen-bond acceptors (Lipinski definition) is 4. The molecule has 0 aliphatic carbocycles. The van der Waals surface area contributed by atoms with Gasteiger partial charge in [-0.2, -0.15) is 0 Å². The number of nitrogens with zero attached hydrogens (tertiary/aromatic N) is 1. The molecular formula is C16H26N2O2. The van der Waals surface area contributed by atoms with Crippen molar-refractivity contribution in [3.05, 3.63) is 18.2 Å². The summed E-state index contributed by atoms with van der Waals surface area (Å²) in [6, 6.07) is 6.01. The van der Waals surface area contributed by atoms with Gasteiger partial charge in [0.2, 0.25) is 0 Å². The number of hydrogen-bond donors (Lipinski definition) is 1. The number of benzene rings is 1. The van der Waals surface area contributed by atoms with Crippen molar-refractivity contribution in [3.63, 3.8) is 0 Å². The first-order chi connectivity index (χ1) is 9.58. The molecule has 2 rings (SSSR count). The van der Waals surface area contributed by atoms with Gasteiger partial charge in [-0.05, 0) is 38.7 Å². The molecule has 1 fully saturated rings. The van der Waals surface area contributed by atoms with E-state index in [9.17, 15) is 0 Å². The van der Waals surface area contributed by atoms with Crippen molar-refractivity contribution in [3.8, 4) is 5.75 Å². The maximum atomic E-state index is 5.99. The van der Waals surface area contributed by atoms with Crippen molar-refractivity contribution in [2.24, 2.45) is 5.92 Å². The van der Waals surface area contributed by atoms with Crippen LogP contribution in [0.3, 0.4) is 0 Å². The lowest BCUT2D eigenvalue weighted by molar-refractivity contribution is 0.139. The summed E-state index contributed by atoms with van der Waals surface area (Å²) in [6.07, 6.45) is 2.50. The van der Waals surface area contributed by atoms with Crippen molar-refractivity contribution in [2.75, 3.05) is 37.4 Å². The number of nitrogens with two attached hydrogens (primary N) is 1. The van der Waals surface area contributed by atoms with Crippen LogP contribution < -0.4 is 15.4 Å². The van der Waals surface area contributed by atoms with Crippen LogP contribution in [0.5, 0.6) is 5.75 Å². The molecule has 1 aliphatic rings. The maximum Gasteiger partial charge on any atom is 0.123 e. The van der Waals surface area contributed by atoms with Crippen molar-refractivity contribution >= 4 is 11.4 Å². The summed E-state index contributed by atoms with van der Waals surface area (Å²) >= 11 is 0. The SMILES string of the molecule is COCC1CCN(c2cc(N)cc(OC(C)C)c2)CC1. The second kappa shape index (κ2) is 6.84. The predicted octanol–water partition coefficient (Wildman–Crippen LogP) is 2.92. The molecule has 4 heteroatoms. The minimum absolute atomic E-state index is 0.164. The zero-order valence-electron chi connectivity index (χ0n) is 12.8. The van der Waals surface area contributed by atoms with E-state index in [0.29, 0.717) is 5.92 Å². The topological polar surface area (TPSA) is 47.7 Å². The first-order valence-electron chi connectivity index (χ1n) is 7.39. The lowest BCUT2D eigenvalue weighted by Gasteiger charge is -2.33. The zero-order chi connectivity index (χ0) is 14.5. The second-order valence-electron chi connectivity index (χ2n) is 5.81. The number of rotatable bonds is 5. The molecule has 0 amide bonds. The largest absolute Gasteiger partial charge is 0.491 e. The second-order valence-corrected chi connectivity index (χ2v) is 5.81. The highest BCUT2D eigenvalue weighted by Crippen LogP contribution is 2.29. The summed E-state index contributed by atoms with van der Waals surface area (Å²) in [5, 5.41) is 0. The van der Waals surface area contributed by atoms with Crippen LogP contribution in [0.1, 0.15) is 26.7 Å². The van der Waals surface area contributed by atoms with Crippen LogP contribution in [0.2, 0.25) is 0 Å². The van der Waals surface area contributed by atoms with Gasteiger partial charge in [-0.1, -0.05) is 0 Å². The number of piperidine rings is 1. The summed E-state index contributed by atoms with van der Waals surface area (Å²) in [7, 11) is 1.78. The standard InChI is InChI=1S/C16H26N2O2/c1-12(2)20-16-9-14(17)8-15(10-16)18-6-4-13(5-7-18)11-19-3/h8-10,12-13H,4-7,11,17H2,1-3H3. The van der Waals surface area contributed by atoms with Gasteiger partial charge in [0, 0.05) is 50.3 Å². The highest BCUT2D eigenvalue weighted by Gasteiger charge is 2.20. The molecule has 1 heterocycles. The van der Waals surface area contributed by atoms with E-state index in [4.69, 9.17) is 15.2 Å². The maximum absolute atomic E-state index is 5.99. The van der Waals surface area contributed by atoms with E-state index in [2.05, 4.69) is 11.0 Å². The molecule has 2 N–H and O–H groups in total. The third kappa shape index (κ3) is 4.04. The Kier molecular flexibility index (Phi) is 5.12. The van der Waals surface area contributed by atoms with Gasteiger partial charge in [-0.15, -0.1) is 0 Å². The van der Waals surface area contributed by atoms with Crippen molar-refractivity contribution in [1.82, 2.24) is 0 Å². The van der Waals surface area contributed by atoms with Gasteiger partial charge in [0.1, 0.15) is 5.75 Å². The summed E-state index contributed by atoms with van der Waals surface area (Å²) in [5.74, 6) is 1.54. The Morgan fingerprint density at radius 3 is 2.55 bits per heavy atom. The molecule has 20 heavy (non-hydrogen) atoms. The normalized spacial score (nSPS) is 16.7. The number of nitrogen functional groups attached to an aromatic ring is 1. The monoisotopic (exact) mass is 278 g/mol. The van der Waals surface area contributed by atoms with Gasteiger partial charge in [0.05, 0.1) is 6.10 Å².